The molecule has 1 atom stereocenters. The maximum absolute atomic E-state index is 14.2. The third-order valence-corrected chi connectivity index (χ3v) is 5.90. The van der Waals surface area contributed by atoms with Gasteiger partial charge in [0.2, 0.25) is 0 Å². The molecule has 29 heavy (non-hydrogen) atoms. The van der Waals surface area contributed by atoms with Gasteiger partial charge < -0.3 is 4.74 Å². The predicted molar refractivity (Wildman–Crippen MR) is 108 cm³/mol. The second-order valence-corrected chi connectivity index (χ2v) is 8.68. The number of halogens is 2. The molecule has 0 amide bonds. The number of hydrogen-bond acceptors (Lipinski definition) is 2. The highest BCUT2D eigenvalue weighted by molar-refractivity contribution is 6.02. The van der Waals surface area contributed by atoms with E-state index in [1.165, 1.54) is 6.07 Å². The Balaban J connectivity index is 1.82. The molecule has 2 aliphatic rings. The van der Waals surface area contributed by atoms with Crippen LogP contribution in [0.15, 0.2) is 65.9 Å². The van der Waals surface area contributed by atoms with E-state index in [-0.39, 0.29) is 11.2 Å². The van der Waals surface area contributed by atoms with Crippen molar-refractivity contribution in [2.45, 2.75) is 32.6 Å². The number of hydrogen-bond donors (Lipinski definition) is 0. The van der Waals surface area contributed by atoms with E-state index in [9.17, 15) is 13.6 Å². The van der Waals surface area contributed by atoms with E-state index in [1.807, 2.05) is 50.2 Å². The minimum absolute atomic E-state index is 0.00423. The summed E-state index contributed by atoms with van der Waals surface area (Å²) >= 11 is 0. The average Bonchev–Trinajstić information content (AvgIpc) is 2.67. The van der Waals surface area contributed by atoms with Gasteiger partial charge in [-0.25, -0.2) is 8.78 Å². The summed E-state index contributed by atoms with van der Waals surface area (Å²) in [6.45, 7) is 4.08. The van der Waals surface area contributed by atoms with Gasteiger partial charge in [0.15, 0.2) is 17.4 Å². The van der Waals surface area contributed by atoms with Crippen molar-refractivity contribution < 1.29 is 18.3 Å². The van der Waals surface area contributed by atoms with E-state index in [0.717, 1.165) is 22.4 Å². The number of fused-ring (bicyclic) bond motifs is 3. The van der Waals surface area contributed by atoms with Crippen LogP contribution in [0.5, 0.6) is 5.75 Å². The fourth-order valence-corrected chi connectivity index (χ4v) is 4.66. The molecule has 0 fully saturated rings. The molecule has 4 heteroatoms. The monoisotopic (exact) mass is 390 g/mol. The Morgan fingerprint density at radius 1 is 0.966 bits per heavy atom. The Morgan fingerprint density at radius 3 is 2.55 bits per heavy atom. The fraction of sp³-hybridized carbons (Fsp3) is 0.240. The van der Waals surface area contributed by atoms with Gasteiger partial charge in [0.05, 0.1) is 0 Å². The molecule has 1 heterocycles. The Morgan fingerprint density at radius 2 is 1.76 bits per heavy atom. The van der Waals surface area contributed by atoms with E-state index in [2.05, 4.69) is 0 Å². The molecular formula is C25H20F2O2. The molecule has 0 spiro atoms. The molecule has 0 radical (unpaired) electrons. The molecule has 146 valence electrons. The SMILES string of the molecule is CC1(C)CC(=O)C2=C(C1)Oc1ccc3ccccc3c1C2c1ccc(F)c(F)c1. The highest BCUT2D eigenvalue weighted by Gasteiger charge is 2.42. The smallest absolute Gasteiger partial charge is 0.163 e. The largest absolute Gasteiger partial charge is 0.461 e. The van der Waals surface area contributed by atoms with Gasteiger partial charge >= 0.3 is 0 Å². The number of carbonyl (C=O) groups excluding carboxylic acids is 1. The van der Waals surface area contributed by atoms with Crippen molar-refractivity contribution in [1.82, 2.24) is 0 Å². The average molecular weight is 390 g/mol. The van der Waals surface area contributed by atoms with Crippen LogP contribution >= 0.6 is 0 Å². The molecule has 3 aromatic rings. The minimum Gasteiger partial charge on any atom is -0.461 e. The Labute approximate surface area is 167 Å². The van der Waals surface area contributed by atoms with Crippen LogP contribution < -0.4 is 4.74 Å². The number of benzene rings is 3. The molecule has 0 saturated heterocycles. The molecule has 0 bridgehead atoms. The normalized spacial score (nSPS) is 20.3. The van der Waals surface area contributed by atoms with Crippen LogP contribution in [0.4, 0.5) is 8.78 Å². The van der Waals surface area contributed by atoms with Crippen LogP contribution in [0.1, 0.15) is 43.7 Å². The summed E-state index contributed by atoms with van der Waals surface area (Å²) in [5.41, 5.74) is 1.76. The molecular weight excluding hydrogens is 370 g/mol. The van der Waals surface area contributed by atoms with Crippen LogP contribution in [-0.2, 0) is 4.79 Å². The van der Waals surface area contributed by atoms with Crippen LogP contribution in [0, 0.1) is 17.0 Å². The van der Waals surface area contributed by atoms with Crippen LogP contribution in [-0.4, -0.2) is 5.78 Å². The zero-order valence-electron chi connectivity index (χ0n) is 16.3. The lowest BCUT2D eigenvalue weighted by Gasteiger charge is -2.38. The van der Waals surface area contributed by atoms with Gasteiger partial charge in [0, 0.05) is 29.9 Å². The van der Waals surface area contributed by atoms with Crippen LogP contribution in [0.25, 0.3) is 10.8 Å². The first-order chi connectivity index (χ1) is 13.8. The zero-order chi connectivity index (χ0) is 20.3. The molecule has 1 unspecified atom stereocenters. The summed E-state index contributed by atoms with van der Waals surface area (Å²) in [6.07, 6.45) is 1.02. The van der Waals surface area contributed by atoms with Crippen molar-refractivity contribution >= 4 is 16.6 Å². The number of rotatable bonds is 1. The van der Waals surface area contributed by atoms with E-state index in [0.29, 0.717) is 35.5 Å². The number of ether oxygens (including phenoxy) is 1. The molecule has 0 saturated carbocycles. The second-order valence-electron chi connectivity index (χ2n) is 8.68. The summed E-state index contributed by atoms with van der Waals surface area (Å²) in [5, 5.41) is 1.96. The standard InChI is InChI=1S/C25H20F2O2/c1-25(2)12-19(28)24-21(13-25)29-20-10-8-14-5-3-4-6-16(14)23(20)22(24)15-7-9-17(26)18(27)11-15/h3-11,22H,12-13H2,1-2H3. The first kappa shape index (κ1) is 18.0. The maximum atomic E-state index is 14.2. The van der Waals surface area contributed by atoms with Crippen molar-refractivity contribution in [2.75, 3.05) is 0 Å². The first-order valence-corrected chi connectivity index (χ1v) is 9.75. The summed E-state index contributed by atoms with van der Waals surface area (Å²) in [5.74, 6) is -0.986. The van der Waals surface area contributed by atoms with Crippen molar-refractivity contribution in [2.24, 2.45) is 5.41 Å². The lowest BCUT2D eigenvalue weighted by atomic mass is 9.69. The highest BCUT2D eigenvalue weighted by Crippen LogP contribution is 2.51. The van der Waals surface area contributed by atoms with Crippen molar-refractivity contribution in [3.63, 3.8) is 0 Å². The van der Waals surface area contributed by atoms with E-state index < -0.39 is 17.6 Å². The van der Waals surface area contributed by atoms with Gasteiger partial charge in [0.25, 0.3) is 0 Å². The summed E-state index contributed by atoms with van der Waals surface area (Å²) in [6, 6.07) is 15.6. The van der Waals surface area contributed by atoms with Crippen LogP contribution in [0.3, 0.4) is 0 Å². The highest BCUT2D eigenvalue weighted by atomic mass is 19.2. The second kappa shape index (κ2) is 6.24. The zero-order valence-corrected chi connectivity index (χ0v) is 16.3. The van der Waals surface area contributed by atoms with E-state index >= 15 is 0 Å². The predicted octanol–water partition coefficient (Wildman–Crippen LogP) is 6.29. The first-order valence-electron chi connectivity index (χ1n) is 9.75. The molecule has 1 aliphatic heterocycles. The van der Waals surface area contributed by atoms with Gasteiger partial charge in [-0.3, -0.25) is 4.79 Å². The number of carbonyl (C=O) groups is 1. The Hall–Kier alpha value is -3.01. The Kier molecular flexibility index (Phi) is 3.89. The number of allylic oxidation sites excluding steroid dienone is 2. The lowest BCUT2D eigenvalue weighted by molar-refractivity contribution is -0.118. The number of Topliss-reactive ketones (excluding diaryl/α,β-unsaturated/α-hetero) is 1. The third kappa shape index (κ3) is 2.86. The van der Waals surface area contributed by atoms with Gasteiger partial charge in [-0.1, -0.05) is 50.2 Å². The minimum atomic E-state index is -0.915. The molecule has 2 nitrogen and oxygen atoms in total. The topological polar surface area (TPSA) is 26.3 Å². The van der Waals surface area contributed by atoms with Crippen LogP contribution in [0.2, 0.25) is 0 Å². The quantitative estimate of drug-likeness (QED) is 0.488. The van der Waals surface area contributed by atoms with E-state index in [1.54, 1.807) is 6.07 Å². The third-order valence-electron chi connectivity index (χ3n) is 5.90. The molecule has 5 rings (SSSR count). The van der Waals surface area contributed by atoms with Gasteiger partial charge in [-0.05, 0) is 39.9 Å². The van der Waals surface area contributed by atoms with E-state index in [4.69, 9.17) is 4.74 Å². The Bertz CT molecular complexity index is 1210. The van der Waals surface area contributed by atoms with Gasteiger partial charge in [-0.2, -0.15) is 0 Å². The van der Waals surface area contributed by atoms with Gasteiger partial charge in [0.1, 0.15) is 11.5 Å². The molecule has 0 N–H and O–H groups in total. The van der Waals surface area contributed by atoms with Crippen molar-refractivity contribution in [1.29, 1.82) is 0 Å². The van der Waals surface area contributed by atoms with Crippen molar-refractivity contribution in [3.8, 4) is 5.75 Å². The summed E-state index contributed by atoms with van der Waals surface area (Å²) in [4.78, 5) is 13.2. The lowest BCUT2D eigenvalue weighted by Crippen LogP contribution is -2.33. The van der Waals surface area contributed by atoms with Crippen molar-refractivity contribution in [3.05, 3.63) is 88.7 Å². The fourth-order valence-electron chi connectivity index (χ4n) is 4.66. The number of ketones is 1. The summed E-state index contributed by atoms with van der Waals surface area (Å²) in [7, 11) is 0. The maximum Gasteiger partial charge on any atom is 0.163 e. The molecule has 1 aliphatic carbocycles. The molecule has 3 aromatic carbocycles. The summed E-state index contributed by atoms with van der Waals surface area (Å²) < 4.78 is 34.1. The van der Waals surface area contributed by atoms with Gasteiger partial charge in [-0.15, -0.1) is 0 Å². The molecule has 0 aromatic heterocycles.